The molecule has 0 aromatic heterocycles. The van der Waals surface area contributed by atoms with Crippen molar-refractivity contribution < 1.29 is 34.8 Å². The predicted octanol–water partition coefficient (Wildman–Crippen LogP) is 1.49. The standard InChI is InChI=1S/C4H10O.2CH2O3/c1-3-5-4-2;2*2-1(3)4/h3-4H2,1-2H3;2*(H2,2,3,4). The zero-order valence-corrected chi connectivity index (χ0v) is 7.43. The van der Waals surface area contributed by atoms with E-state index in [2.05, 4.69) is 0 Å². The molecule has 0 heterocycles. The Balaban J connectivity index is -0.000000117. The molecule has 0 amide bonds. The van der Waals surface area contributed by atoms with Gasteiger partial charge in [-0.3, -0.25) is 0 Å². The summed E-state index contributed by atoms with van der Waals surface area (Å²) >= 11 is 0. The first-order valence-corrected chi connectivity index (χ1v) is 3.29. The highest BCUT2D eigenvalue weighted by Gasteiger charge is 1.70. The first-order valence-electron chi connectivity index (χ1n) is 3.29. The van der Waals surface area contributed by atoms with E-state index in [-0.39, 0.29) is 0 Å². The van der Waals surface area contributed by atoms with Crippen molar-refractivity contribution in [2.45, 2.75) is 13.8 Å². The van der Waals surface area contributed by atoms with Crippen LogP contribution >= 0.6 is 0 Å². The zero-order valence-electron chi connectivity index (χ0n) is 7.43. The van der Waals surface area contributed by atoms with E-state index < -0.39 is 12.3 Å². The fourth-order valence-electron chi connectivity index (χ4n) is 0.204. The molecule has 0 bridgehead atoms. The maximum atomic E-state index is 8.56. The highest BCUT2D eigenvalue weighted by Crippen LogP contribution is 1.64. The molecular weight excluding hydrogens is 184 g/mol. The van der Waals surface area contributed by atoms with Crippen LogP contribution in [-0.4, -0.2) is 46.0 Å². The van der Waals surface area contributed by atoms with Crippen LogP contribution in [0.3, 0.4) is 0 Å². The largest absolute Gasteiger partial charge is 0.503 e. The maximum Gasteiger partial charge on any atom is 0.503 e. The lowest BCUT2D eigenvalue weighted by Gasteiger charge is -1.86. The van der Waals surface area contributed by atoms with Crippen molar-refractivity contribution in [2.24, 2.45) is 0 Å². The number of rotatable bonds is 2. The second-order valence-corrected chi connectivity index (χ2v) is 1.35. The summed E-state index contributed by atoms with van der Waals surface area (Å²) in [6.45, 7) is 5.67. The van der Waals surface area contributed by atoms with Crippen molar-refractivity contribution >= 4 is 12.3 Å². The Bertz CT molecular complexity index is 100. The molecule has 7 nitrogen and oxygen atoms in total. The van der Waals surface area contributed by atoms with Crippen LogP contribution in [0, 0.1) is 0 Å². The van der Waals surface area contributed by atoms with Crippen LogP contribution in [-0.2, 0) is 4.74 Å². The normalized spacial score (nSPS) is 6.92. The molecule has 7 heteroatoms. The average Bonchev–Trinajstić information content (AvgIpc) is 1.86. The number of hydrogen-bond acceptors (Lipinski definition) is 3. The van der Waals surface area contributed by atoms with Gasteiger partial charge in [0.15, 0.2) is 0 Å². The van der Waals surface area contributed by atoms with Crippen molar-refractivity contribution in [3.63, 3.8) is 0 Å². The average molecular weight is 198 g/mol. The van der Waals surface area contributed by atoms with E-state index in [1.165, 1.54) is 0 Å². The monoisotopic (exact) mass is 198 g/mol. The summed E-state index contributed by atoms with van der Waals surface area (Å²) in [5.74, 6) is 0. The number of carbonyl (C=O) groups is 2. The van der Waals surface area contributed by atoms with Crippen LogP contribution in [0.5, 0.6) is 0 Å². The van der Waals surface area contributed by atoms with Crippen molar-refractivity contribution in [3.8, 4) is 0 Å². The van der Waals surface area contributed by atoms with Crippen LogP contribution < -0.4 is 0 Å². The molecule has 0 spiro atoms. The molecule has 0 aliphatic rings. The quantitative estimate of drug-likeness (QED) is 0.529. The number of hydrogen-bond donors (Lipinski definition) is 4. The lowest BCUT2D eigenvalue weighted by molar-refractivity contribution is 0.135. The SMILES string of the molecule is CCOCC.O=C(O)O.O=C(O)O. The predicted molar refractivity (Wildman–Crippen MR) is 43.5 cm³/mol. The minimum Gasteiger partial charge on any atom is -0.450 e. The first kappa shape index (κ1) is 17.5. The van der Waals surface area contributed by atoms with Gasteiger partial charge in [-0.25, -0.2) is 9.59 Å². The van der Waals surface area contributed by atoms with Crippen LogP contribution in [0.4, 0.5) is 9.59 Å². The molecule has 0 aliphatic carbocycles. The third-order valence-corrected chi connectivity index (χ3v) is 0.408. The fourth-order valence-corrected chi connectivity index (χ4v) is 0.204. The Morgan fingerprint density at radius 3 is 1.08 bits per heavy atom. The summed E-state index contributed by atoms with van der Waals surface area (Å²) in [5, 5.41) is 27.9. The van der Waals surface area contributed by atoms with Gasteiger partial charge in [-0.15, -0.1) is 0 Å². The summed E-state index contributed by atoms with van der Waals surface area (Å²) in [7, 11) is 0. The van der Waals surface area contributed by atoms with Crippen LogP contribution in [0.15, 0.2) is 0 Å². The van der Waals surface area contributed by atoms with E-state index in [4.69, 9.17) is 34.8 Å². The van der Waals surface area contributed by atoms with Gasteiger partial charge >= 0.3 is 12.3 Å². The van der Waals surface area contributed by atoms with E-state index in [1.54, 1.807) is 0 Å². The van der Waals surface area contributed by atoms with E-state index in [0.717, 1.165) is 13.2 Å². The van der Waals surface area contributed by atoms with Crippen LogP contribution in [0.1, 0.15) is 13.8 Å². The molecule has 0 saturated carbocycles. The smallest absolute Gasteiger partial charge is 0.450 e. The Morgan fingerprint density at radius 2 is 1.08 bits per heavy atom. The highest BCUT2D eigenvalue weighted by molar-refractivity contribution is 5.53. The van der Waals surface area contributed by atoms with Gasteiger partial charge in [-0.2, -0.15) is 0 Å². The summed E-state index contributed by atoms with van der Waals surface area (Å²) in [6, 6.07) is 0. The third-order valence-electron chi connectivity index (χ3n) is 0.408. The van der Waals surface area contributed by atoms with Gasteiger partial charge in [0.1, 0.15) is 0 Å². The van der Waals surface area contributed by atoms with Crippen molar-refractivity contribution in [3.05, 3.63) is 0 Å². The second-order valence-electron chi connectivity index (χ2n) is 1.35. The molecule has 0 aromatic rings. The van der Waals surface area contributed by atoms with E-state index >= 15 is 0 Å². The van der Waals surface area contributed by atoms with Gasteiger partial charge in [0, 0.05) is 13.2 Å². The van der Waals surface area contributed by atoms with Crippen molar-refractivity contribution in [1.29, 1.82) is 0 Å². The van der Waals surface area contributed by atoms with E-state index in [0.29, 0.717) is 0 Å². The first-order chi connectivity index (χ1) is 5.88. The molecular formula is C6H14O7. The molecule has 0 atom stereocenters. The molecule has 0 unspecified atom stereocenters. The third kappa shape index (κ3) is 3030. The van der Waals surface area contributed by atoms with Crippen molar-refractivity contribution in [2.75, 3.05) is 13.2 Å². The number of ether oxygens (including phenoxy) is 1. The summed E-state index contributed by atoms with van der Waals surface area (Å²) < 4.78 is 4.83. The topological polar surface area (TPSA) is 124 Å². The molecule has 0 aliphatic heterocycles. The molecule has 0 fully saturated rings. The van der Waals surface area contributed by atoms with Gasteiger partial charge in [0.05, 0.1) is 0 Å². The van der Waals surface area contributed by atoms with Gasteiger partial charge in [0.2, 0.25) is 0 Å². The molecule has 0 saturated heterocycles. The van der Waals surface area contributed by atoms with Crippen LogP contribution in [0.25, 0.3) is 0 Å². The molecule has 0 aromatic carbocycles. The second kappa shape index (κ2) is 16.8. The van der Waals surface area contributed by atoms with Crippen LogP contribution in [0.2, 0.25) is 0 Å². The van der Waals surface area contributed by atoms with E-state index in [9.17, 15) is 0 Å². The Labute approximate surface area is 75.2 Å². The maximum absolute atomic E-state index is 8.56. The van der Waals surface area contributed by atoms with E-state index in [1.807, 2.05) is 13.8 Å². The van der Waals surface area contributed by atoms with Gasteiger partial charge in [0.25, 0.3) is 0 Å². The lowest BCUT2D eigenvalue weighted by Crippen LogP contribution is -1.84. The lowest BCUT2D eigenvalue weighted by atomic mass is 10.8. The Kier molecular flexibility index (Phi) is 22.7. The molecule has 13 heavy (non-hydrogen) atoms. The highest BCUT2D eigenvalue weighted by atomic mass is 16.6. The molecule has 0 rings (SSSR count). The Morgan fingerprint density at radius 1 is 0.923 bits per heavy atom. The molecule has 4 N–H and O–H groups in total. The number of carboxylic acid groups (broad SMARTS) is 4. The van der Waals surface area contributed by atoms with Gasteiger partial charge in [-0.1, -0.05) is 0 Å². The fraction of sp³-hybridized carbons (Fsp3) is 0.667. The minimum absolute atomic E-state index is 0.844. The summed E-state index contributed by atoms with van der Waals surface area (Å²) in [5.41, 5.74) is 0. The van der Waals surface area contributed by atoms with Gasteiger partial charge in [-0.05, 0) is 13.8 Å². The Hall–Kier alpha value is -1.50. The minimum atomic E-state index is -1.83. The van der Waals surface area contributed by atoms with Crippen molar-refractivity contribution in [1.82, 2.24) is 0 Å². The van der Waals surface area contributed by atoms with Gasteiger partial charge < -0.3 is 25.2 Å². The summed E-state index contributed by atoms with van der Waals surface area (Å²) in [6.07, 6.45) is -3.67. The molecule has 80 valence electrons. The summed E-state index contributed by atoms with van der Waals surface area (Å²) in [4.78, 5) is 17.1. The zero-order chi connectivity index (χ0) is 11.3. The molecule has 0 radical (unpaired) electrons.